The van der Waals surface area contributed by atoms with Crippen LogP contribution < -0.4 is 4.72 Å². The van der Waals surface area contributed by atoms with Crippen molar-refractivity contribution in [2.45, 2.75) is 6.92 Å². The number of carbonyl (C=O) groups excluding carboxylic acids is 1. The van der Waals surface area contributed by atoms with Crippen LogP contribution in [0.25, 0.3) is 0 Å². The average Bonchev–Trinajstić information content (AvgIpc) is 2.38. The van der Waals surface area contributed by atoms with Gasteiger partial charge in [0, 0.05) is 12.7 Å². The van der Waals surface area contributed by atoms with Crippen LogP contribution >= 0.6 is 0 Å². The van der Waals surface area contributed by atoms with Gasteiger partial charge in [0.25, 0.3) is 0 Å². The number of nitrogens with zero attached hydrogens (tertiary/aromatic N) is 1. The number of likely N-dealkylation sites (N-methyl/N-ethyl adjacent to an activating group) is 1. The number of carboxylic acid groups (broad SMARTS) is 1. The quantitative estimate of drug-likeness (QED) is 0.710. The van der Waals surface area contributed by atoms with Gasteiger partial charge in [0.15, 0.2) is 0 Å². The number of ether oxygens (including phenoxy) is 1. The molecule has 0 heterocycles. The molecule has 116 valence electrons. The highest BCUT2D eigenvalue weighted by Crippen LogP contribution is 2.13. The highest BCUT2D eigenvalue weighted by Gasteiger charge is 2.20. The maximum atomic E-state index is 11.8. The molecule has 0 amide bonds. The number of carbonyl (C=O) groups is 2. The molecule has 0 aliphatic carbocycles. The Morgan fingerprint density at radius 1 is 1.29 bits per heavy atom. The van der Waals surface area contributed by atoms with Crippen molar-refractivity contribution in [2.24, 2.45) is 0 Å². The molecule has 0 atom stereocenters. The van der Waals surface area contributed by atoms with Crippen LogP contribution in [0.1, 0.15) is 17.3 Å². The average molecular weight is 316 g/mol. The summed E-state index contributed by atoms with van der Waals surface area (Å²) in [5.41, 5.74) is 0.499. The summed E-state index contributed by atoms with van der Waals surface area (Å²) in [5, 5.41) is 8.58. The molecule has 0 fully saturated rings. The van der Waals surface area contributed by atoms with Gasteiger partial charge in [-0.05, 0) is 31.2 Å². The summed E-state index contributed by atoms with van der Waals surface area (Å²) >= 11 is 0. The van der Waals surface area contributed by atoms with Crippen LogP contribution in [-0.2, 0) is 19.7 Å². The lowest BCUT2D eigenvalue weighted by molar-refractivity contribution is -0.137. The lowest BCUT2D eigenvalue weighted by atomic mass is 10.2. The van der Waals surface area contributed by atoms with Crippen molar-refractivity contribution < 1.29 is 27.9 Å². The largest absolute Gasteiger partial charge is 0.480 e. The van der Waals surface area contributed by atoms with Crippen molar-refractivity contribution in [3.63, 3.8) is 0 Å². The summed E-state index contributed by atoms with van der Waals surface area (Å²) < 4.78 is 31.3. The van der Waals surface area contributed by atoms with Crippen molar-refractivity contribution in [1.82, 2.24) is 4.31 Å². The Balaban J connectivity index is 2.79. The number of hydrogen-bond donors (Lipinski definition) is 2. The molecule has 0 spiro atoms. The molecule has 0 aromatic heterocycles. The summed E-state index contributed by atoms with van der Waals surface area (Å²) in [6, 6.07) is 5.59. The monoisotopic (exact) mass is 316 g/mol. The molecule has 1 rings (SSSR count). The molecular weight excluding hydrogens is 300 g/mol. The SMILES string of the molecule is CCOC(=O)c1ccc(NS(=O)(=O)N(C)CC(=O)O)cc1. The van der Waals surface area contributed by atoms with E-state index in [1.807, 2.05) is 0 Å². The van der Waals surface area contributed by atoms with Crippen LogP contribution in [0.3, 0.4) is 0 Å². The number of rotatable bonds is 7. The van der Waals surface area contributed by atoms with Gasteiger partial charge in [-0.25, -0.2) is 4.79 Å². The molecule has 0 radical (unpaired) electrons. The number of aliphatic carboxylic acids is 1. The summed E-state index contributed by atoms with van der Waals surface area (Å²) in [7, 11) is -2.82. The van der Waals surface area contributed by atoms with Gasteiger partial charge in [-0.15, -0.1) is 0 Å². The summed E-state index contributed by atoms with van der Waals surface area (Å²) in [5.74, 6) is -1.77. The fourth-order valence-electron chi connectivity index (χ4n) is 1.39. The van der Waals surface area contributed by atoms with Crippen molar-refractivity contribution in [1.29, 1.82) is 0 Å². The van der Waals surface area contributed by atoms with E-state index in [2.05, 4.69) is 4.72 Å². The molecular formula is C12H16N2O6S. The first-order chi connectivity index (χ1) is 9.76. The van der Waals surface area contributed by atoms with Crippen LogP contribution in [0.5, 0.6) is 0 Å². The molecule has 0 bridgehead atoms. The zero-order valence-electron chi connectivity index (χ0n) is 11.6. The minimum Gasteiger partial charge on any atom is -0.480 e. The number of carboxylic acids is 1. The van der Waals surface area contributed by atoms with E-state index in [0.29, 0.717) is 9.87 Å². The third kappa shape index (κ3) is 5.04. The van der Waals surface area contributed by atoms with E-state index in [0.717, 1.165) is 7.05 Å². The van der Waals surface area contributed by atoms with Crippen LogP contribution in [0.4, 0.5) is 5.69 Å². The minimum absolute atomic E-state index is 0.209. The Bertz CT molecular complexity index is 611. The molecule has 0 aliphatic heterocycles. The maximum Gasteiger partial charge on any atom is 0.338 e. The van der Waals surface area contributed by atoms with Crippen molar-refractivity contribution in [2.75, 3.05) is 24.9 Å². The predicted molar refractivity (Wildman–Crippen MR) is 75.2 cm³/mol. The van der Waals surface area contributed by atoms with Gasteiger partial charge in [0.2, 0.25) is 0 Å². The number of anilines is 1. The first kappa shape index (κ1) is 16.9. The number of hydrogen-bond acceptors (Lipinski definition) is 5. The van der Waals surface area contributed by atoms with Gasteiger partial charge >= 0.3 is 22.1 Å². The van der Waals surface area contributed by atoms with Crippen molar-refractivity contribution >= 4 is 27.8 Å². The zero-order valence-corrected chi connectivity index (χ0v) is 12.4. The lowest BCUT2D eigenvalue weighted by Gasteiger charge is -2.16. The summed E-state index contributed by atoms with van der Waals surface area (Å²) in [6.07, 6.45) is 0. The summed E-state index contributed by atoms with van der Waals surface area (Å²) in [6.45, 7) is 1.27. The fraction of sp³-hybridized carbons (Fsp3) is 0.333. The third-order valence-corrected chi connectivity index (χ3v) is 3.85. The minimum atomic E-state index is -3.97. The number of esters is 1. The topological polar surface area (TPSA) is 113 Å². The summed E-state index contributed by atoms with van der Waals surface area (Å²) in [4.78, 5) is 21.9. The second-order valence-electron chi connectivity index (χ2n) is 4.05. The normalized spacial score (nSPS) is 11.2. The molecule has 0 saturated carbocycles. The molecule has 0 aliphatic rings. The van der Waals surface area contributed by atoms with E-state index in [1.54, 1.807) is 6.92 Å². The number of nitrogens with one attached hydrogen (secondary N) is 1. The van der Waals surface area contributed by atoms with E-state index in [-0.39, 0.29) is 12.3 Å². The standard InChI is InChI=1S/C12H16N2O6S/c1-3-20-12(17)9-4-6-10(7-5-9)13-21(18,19)14(2)8-11(15)16/h4-7,13H,3,8H2,1-2H3,(H,15,16). The second kappa shape index (κ2) is 7.04. The first-order valence-corrected chi connectivity index (χ1v) is 7.43. The Hall–Kier alpha value is -2.13. The fourth-order valence-corrected chi connectivity index (χ4v) is 2.26. The second-order valence-corrected chi connectivity index (χ2v) is 5.83. The molecule has 0 saturated heterocycles. The first-order valence-electron chi connectivity index (χ1n) is 5.99. The van der Waals surface area contributed by atoms with Crippen LogP contribution in [0.15, 0.2) is 24.3 Å². The van der Waals surface area contributed by atoms with E-state index < -0.39 is 28.7 Å². The van der Waals surface area contributed by atoms with E-state index in [9.17, 15) is 18.0 Å². The highest BCUT2D eigenvalue weighted by molar-refractivity contribution is 7.90. The molecule has 1 aromatic rings. The van der Waals surface area contributed by atoms with Crippen LogP contribution in [0, 0.1) is 0 Å². The Morgan fingerprint density at radius 2 is 1.86 bits per heavy atom. The van der Waals surface area contributed by atoms with Crippen LogP contribution in [0.2, 0.25) is 0 Å². The Morgan fingerprint density at radius 3 is 2.33 bits per heavy atom. The molecule has 1 aromatic carbocycles. The molecule has 8 nitrogen and oxygen atoms in total. The Kier molecular flexibility index (Phi) is 5.68. The molecule has 2 N–H and O–H groups in total. The van der Waals surface area contributed by atoms with Gasteiger partial charge in [0.05, 0.1) is 12.2 Å². The van der Waals surface area contributed by atoms with Gasteiger partial charge in [0.1, 0.15) is 6.54 Å². The van der Waals surface area contributed by atoms with Crippen LogP contribution in [-0.4, -0.2) is 50.0 Å². The maximum absolute atomic E-state index is 11.8. The van der Waals surface area contributed by atoms with Gasteiger partial charge < -0.3 is 9.84 Å². The zero-order chi connectivity index (χ0) is 16.0. The van der Waals surface area contributed by atoms with Crippen molar-refractivity contribution in [3.05, 3.63) is 29.8 Å². The smallest absolute Gasteiger partial charge is 0.338 e. The van der Waals surface area contributed by atoms with Gasteiger partial charge in [-0.1, -0.05) is 0 Å². The third-order valence-electron chi connectivity index (χ3n) is 2.41. The van der Waals surface area contributed by atoms with Gasteiger partial charge in [-0.3, -0.25) is 9.52 Å². The highest BCUT2D eigenvalue weighted by atomic mass is 32.2. The predicted octanol–water partition coefficient (Wildman–Crippen LogP) is 0.536. The molecule has 0 unspecified atom stereocenters. The van der Waals surface area contributed by atoms with Crippen molar-refractivity contribution in [3.8, 4) is 0 Å². The number of benzene rings is 1. The molecule has 9 heteroatoms. The van der Waals surface area contributed by atoms with Gasteiger partial charge in [-0.2, -0.15) is 12.7 Å². The van der Waals surface area contributed by atoms with E-state index in [4.69, 9.17) is 9.84 Å². The van der Waals surface area contributed by atoms with E-state index >= 15 is 0 Å². The van der Waals surface area contributed by atoms with E-state index in [1.165, 1.54) is 24.3 Å². The lowest BCUT2D eigenvalue weighted by Crippen LogP contribution is -2.36. The molecule has 21 heavy (non-hydrogen) atoms. The Labute approximate surface area is 122 Å².